The third-order valence-corrected chi connectivity index (χ3v) is 5.51. The Balaban J connectivity index is 1.35. The van der Waals surface area contributed by atoms with Crippen LogP contribution in [0, 0.1) is 5.92 Å². The average molecular weight is 359 g/mol. The van der Waals surface area contributed by atoms with E-state index in [-0.39, 0.29) is 18.1 Å². The maximum absolute atomic E-state index is 12.3. The first kappa shape index (κ1) is 19.2. The van der Waals surface area contributed by atoms with E-state index >= 15 is 0 Å². The molecule has 26 heavy (non-hydrogen) atoms. The summed E-state index contributed by atoms with van der Waals surface area (Å²) in [5.41, 5.74) is 1.34. The molecule has 2 fully saturated rings. The number of benzene rings is 1. The van der Waals surface area contributed by atoms with E-state index in [1.54, 1.807) is 0 Å². The molecular weight excluding hydrogens is 324 g/mol. The summed E-state index contributed by atoms with van der Waals surface area (Å²) in [6.07, 6.45) is 3.64. The number of urea groups is 1. The average Bonchev–Trinajstić information content (AvgIpc) is 3.02. The van der Waals surface area contributed by atoms with Crippen molar-refractivity contribution >= 4 is 6.03 Å². The molecule has 144 valence electrons. The Morgan fingerprint density at radius 2 is 1.96 bits per heavy atom. The molecule has 1 aromatic carbocycles. The van der Waals surface area contributed by atoms with Gasteiger partial charge in [-0.15, -0.1) is 0 Å². The van der Waals surface area contributed by atoms with Crippen molar-refractivity contribution in [2.24, 2.45) is 5.92 Å². The molecule has 0 aliphatic carbocycles. The highest BCUT2D eigenvalue weighted by molar-refractivity contribution is 5.74. The lowest BCUT2D eigenvalue weighted by atomic mass is 10.00. The molecule has 5 nitrogen and oxygen atoms in total. The minimum Gasteiger partial charge on any atom is -0.334 e. The van der Waals surface area contributed by atoms with Crippen LogP contribution in [0.3, 0.4) is 0 Å². The smallest absolute Gasteiger partial charge is 0.315 e. The fourth-order valence-electron chi connectivity index (χ4n) is 4.27. The van der Waals surface area contributed by atoms with Gasteiger partial charge in [-0.05, 0) is 44.2 Å². The SMILES string of the molecule is CC1CCCN(CC(C)NC(=O)NC2CCN(Cc3ccccc3)C2)C1. The molecule has 0 spiro atoms. The van der Waals surface area contributed by atoms with Crippen molar-refractivity contribution in [2.45, 2.75) is 51.7 Å². The molecule has 3 unspecified atom stereocenters. The molecule has 0 saturated carbocycles. The van der Waals surface area contributed by atoms with Gasteiger partial charge in [0, 0.05) is 44.8 Å². The predicted molar refractivity (Wildman–Crippen MR) is 106 cm³/mol. The number of carbonyl (C=O) groups is 1. The molecule has 2 saturated heterocycles. The summed E-state index contributed by atoms with van der Waals surface area (Å²) in [5.74, 6) is 0.777. The maximum atomic E-state index is 12.3. The number of likely N-dealkylation sites (tertiary alicyclic amines) is 2. The number of piperidine rings is 1. The number of nitrogens with one attached hydrogen (secondary N) is 2. The largest absolute Gasteiger partial charge is 0.334 e. The number of nitrogens with zero attached hydrogens (tertiary/aromatic N) is 2. The van der Waals surface area contributed by atoms with Gasteiger partial charge in [-0.1, -0.05) is 37.3 Å². The van der Waals surface area contributed by atoms with Crippen LogP contribution in [-0.4, -0.2) is 60.6 Å². The van der Waals surface area contributed by atoms with E-state index in [4.69, 9.17) is 0 Å². The second-order valence-electron chi connectivity index (χ2n) is 8.23. The van der Waals surface area contributed by atoms with Crippen molar-refractivity contribution in [3.05, 3.63) is 35.9 Å². The molecule has 0 bridgehead atoms. The lowest BCUT2D eigenvalue weighted by molar-refractivity contribution is 0.169. The van der Waals surface area contributed by atoms with Crippen LogP contribution in [0.1, 0.15) is 38.7 Å². The molecule has 3 rings (SSSR count). The minimum absolute atomic E-state index is 0.0193. The molecule has 2 N–H and O–H groups in total. The number of rotatable bonds is 6. The van der Waals surface area contributed by atoms with E-state index in [2.05, 4.69) is 58.5 Å². The Hall–Kier alpha value is -1.59. The highest BCUT2D eigenvalue weighted by Crippen LogP contribution is 2.16. The second kappa shape index (κ2) is 9.38. The van der Waals surface area contributed by atoms with Crippen molar-refractivity contribution < 1.29 is 4.79 Å². The van der Waals surface area contributed by atoms with Crippen LogP contribution < -0.4 is 10.6 Å². The maximum Gasteiger partial charge on any atom is 0.315 e. The van der Waals surface area contributed by atoms with Gasteiger partial charge in [0.2, 0.25) is 0 Å². The van der Waals surface area contributed by atoms with Gasteiger partial charge in [-0.3, -0.25) is 4.90 Å². The van der Waals surface area contributed by atoms with Gasteiger partial charge in [0.1, 0.15) is 0 Å². The lowest BCUT2D eigenvalue weighted by Gasteiger charge is -2.33. The second-order valence-corrected chi connectivity index (χ2v) is 8.23. The molecule has 2 heterocycles. The molecular formula is C21H34N4O. The summed E-state index contributed by atoms with van der Waals surface area (Å²) in [5, 5.41) is 6.28. The van der Waals surface area contributed by atoms with E-state index < -0.39 is 0 Å². The zero-order valence-corrected chi connectivity index (χ0v) is 16.3. The monoisotopic (exact) mass is 358 g/mol. The van der Waals surface area contributed by atoms with Gasteiger partial charge < -0.3 is 15.5 Å². The van der Waals surface area contributed by atoms with E-state index in [0.29, 0.717) is 0 Å². The highest BCUT2D eigenvalue weighted by Gasteiger charge is 2.24. The first-order valence-electron chi connectivity index (χ1n) is 10.1. The summed E-state index contributed by atoms with van der Waals surface area (Å²) in [7, 11) is 0. The van der Waals surface area contributed by atoms with Gasteiger partial charge in [0.25, 0.3) is 0 Å². The number of hydrogen-bond donors (Lipinski definition) is 2. The molecule has 2 amide bonds. The molecule has 2 aliphatic rings. The Morgan fingerprint density at radius 1 is 1.15 bits per heavy atom. The summed E-state index contributed by atoms with van der Waals surface area (Å²) < 4.78 is 0. The fourth-order valence-corrected chi connectivity index (χ4v) is 4.27. The summed E-state index contributed by atoms with van der Waals surface area (Å²) >= 11 is 0. The topological polar surface area (TPSA) is 47.6 Å². The molecule has 1 aromatic rings. The van der Waals surface area contributed by atoms with E-state index in [9.17, 15) is 4.79 Å². The van der Waals surface area contributed by atoms with Gasteiger partial charge in [0.15, 0.2) is 0 Å². The van der Waals surface area contributed by atoms with Crippen molar-refractivity contribution in [2.75, 3.05) is 32.7 Å². The number of hydrogen-bond acceptors (Lipinski definition) is 3. The number of carbonyl (C=O) groups excluding carboxylic acids is 1. The fraction of sp³-hybridized carbons (Fsp3) is 0.667. The summed E-state index contributed by atoms with van der Waals surface area (Å²) in [6.45, 7) is 10.6. The Kier molecular flexibility index (Phi) is 6.92. The molecule has 5 heteroatoms. The van der Waals surface area contributed by atoms with Gasteiger partial charge in [-0.25, -0.2) is 4.79 Å². The predicted octanol–water partition coefficient (Wildman–Crippen LogP) is 2.68. The van der Waals surface area contributed by atoms with Crippen LogP contribution in [0.4, 0.5) is 4.79 Å². The van der Waals surface area contributed by atoms with E-state index in [1.165, 1.54) is 18.4 Å². The van der Waals surface area contributed by atoms with Crippen LogP contribution in [0.2, 0.25) is 0 Å². The zero-order valence-electron chi connectivity index (χ0n) is 16.3. The van der Waals surface area contributed by atoms with Gasteiger partial charge >= 0.3 is 6.03 Å². The first-order valence-corrected chi connectivity index (χ1v) is 10.1. The van der Waals surface area contributed by atoms with Crippen LogP contribution in [-0.2, 0) is 6.54 Å². The van der Waals surface area contributed by atoms with Gasteiger partial charge in [-0.2, -0.15) is 0 Å². The van der Waals surface area contributed by atoms with Crippen molar-refractivity contribution in [3.8, 4) is 0 Å². The Bertz CT molecular complexity index is 564. The van der Waals surface area contributed by atoms with Crippen LogP contribution >= 0.6 is 0 Å². The van der Waals surface area contributed by atoms with Gasteiger partial charge in [0.05, 0.1) is 0 Å². The highest BCUT2D eigenvalue weighted by atomic mass is 16.2. The lowest BCUT2D eigenvalue weighted by Crippen LogP contribution is -2.50. The summed E-state index contributed by atoms with van der Waals surface area (Å²) in [6, 6.07) is 11.0. The standard InChI is InChI=1S/C21H34N4O/c1-17-7-6-11-24(13-17)14-18(2)22-21(26)23-20-10-12-25(16-20)15-19-8-4-3-5-9-19/h3-5,8-9,17-18,20H,6-7,10-16H2,1-2H3,(H2,22,23,26). The Morgan fingerprint density at radius 3 is 2.73 bits per heavy atom. The third kappa shape index (κ3) is 5.99. The minimum atomic E-state index is -0.0193. The molecule has 3 atom stereocenters. The van der Waals surface area contributed by atoms with Crippen LogP contribution in [0.15, 0.2) is 30.3 Å². The van der Waals surface area contributed by atoms with Crippen LogP contribution in [0.25, 0.3) is 0 Å². The normalized spacial score (nSPS) is 25.8. The molecule has 0 radical (unpaired) electrons. The van der Waals surface area contributed by atoms with Crippen molar-refractivity contribution in [1.29, 1.82) is 0 Å². The third-order valence-electron chi connectivity index (χ3n) is 5.51. The van der Waals surface area contributed by atoms with E-state index in [1.807, 2.05) is 6.07 Å². The summed E-state index contributed by atoms with van der Waals surface area (Å²) in [4.78, 5) is 17.2. The molecule has 2 aliphatic heterocycles. The van der Waals surface area contributed by atoms with Crippen molar-refractivity contribution in [1.82, 2.24) is 20.4 Å². The molecule has 0 aromatic heterocycles. The van der Waals surface area contributed by atoms with Crippen LogP contribution in [0.5, 0.6) is 0 Å². The quantitative estimate of drug-likeness (QED) is 0.822. The number of amides is 2. The van der Waals surface area contributed by atoms with E-state index in [0.717, 1.165) is 51.6 Å². The first-order chi connectivity index (χ1) is 12.6. The Labute approximate surface area is 158 Å². The zero-order chi connectivity index (χ0) is 18.4. The van der Waals surface area contributed by atoms with Crippen molar-refractivity contribution in [3.63, 3.8) is 0 Å².